The lowest BCUT2D eigenvalue weighted by atomic mass is 10.2. The number of hydrogen-bond acceptors (Lipinski definition) is 8. The Labute approximate surface area is 212 Å². The molecule has 0 aliphatic rings. The van der Waals surface area contributed by atoms with E-state index < -0.39 is 0 Å². The van der Waals surface area contributed by atoms with Crippen LogP contribution in [0.25, 0.3) is 11.3 Å². The average molecular weight is 508 g/mol. The molecule has 0 saturated carbocycles. The Morgan fingerprint density at radius 1 is 1.20 bits per heavy atom. The van der Waals surface area contributed by atoms with Gasteiger partial charge < -0.3 is 14.8 Å². The van der Waals surface area contributed by atoms with Gasteiger partial charge in [-0.05, 0) is 19.1 Å². The first kappa shape index (κ1) is 24.5. The quantitative estimate of drug-likeness (QED) is 0.213. The van der Waals surface area contributed by atoms with Crippen LogP contribution in [0.1, 0.15) is 18.9 Å². The number of anilines is 1. The molecule has 0 aliphatic carbocycles. The van der Waals surface area contributed by atoms with Crippen LogP contribution in [-0.4, -0.2) is 38.5 Å². The smallest absolute Gasteiger partial charge is 0.236 e. The molecule has 8 nitrogen and oxygen atoms in total. The number of hydrogen-bond donors (Lipinski definition) is 1. The molecule has 0 aliphatic heterocycles. The summed E-state index contributed by atoms with van der Waals surface area (Å²) in [6.07, 6.45) is 1.39. The number of aromatic nitrogens is 4. The normalized spacial score (nSPS) is 11.6. The largest absolute Gasteiger partial charge is 0.497 e. The molecular formula is C25H25N5O3S2. The maximum Gasteiger partial charge on any atom is 0.236 e. The predicted octanol–water partition coefficient (Wildman–Crippen LogP) is 5.47. The van der Waals surface area contributed by atoms with E-state index in [-0.39, 0.29) is 17.8 Å². The lowest BCUT2D eigenvalue weighted by molar-refractivity contribution is -0.113. The van der Waals surface area contributed by atoms with Gasteiger partial charge in [0, 0.05) is 23.6 Å². The van der Waals surface area contributed by atoms with E-state index in [9.17, 15) is 4.79 Å². The summed E-state index contributed by atoms with van der Waals surface area (Å²) in [6, 6.07) is 17.2. The van der Waals surface area contributed by atoms with Gasteiger partial charge in [-0.15, -0.1) is 28.1 Å². The Morgan fingerprint density at radius 3 is 2.77 bits per heavy atom. The summed E-state index contributed by atoms with van der Waals surface area (Å²) in [6.45, 7) is 6.22. The van der Waals surface area contributed by atoms with E-state index in [1.807, 2.05) is 71.5 Å². The van der Waals surface area contributed by atoms with E-state index in [0.717, 1.165) is 11.3 Å². The Balaban J connectivity index is 1.39. The second-order valence-corrected chi connectivity index (χ2v) is 9.22. The van der Waals surface area contributed by atoms with Crippen LogP contribution in [0.3, 0.4) is 0 Å². The molecule has 1 unspecified atom stereocenters. The molecule has 2 aromatic heterocycles. The number of rotatable bonds is 11. The molecule has 0 bridgehead atoms. The van der Waals surface area contributed by atoms with Crippen LogP contribution in [-0.2, 0) is 11.3 Å². The molecule has 1 amide bonds. The summed E-state index contributed by atoms with van der Waals surface area (Å²) in [7, 11) is 1.61. The summed E-state index contributed by atoms with van der Waals surface area (Å²) in [5, 5.41) is 14.6. The molecule has 0 saturated heterocycles. The molecule has 2 aromatic carbocycles. The minimum Gasteiger partial charge on any atom is -0.497 e. The van der Waals surface area contributed by atoms with E-state index in [0.29, 0.717) is 34.2 Å². The van der Waals surface area contributed by atoms with Gasteiger partial charge in [0.15, 0.2) is 22.2 Å². The molecule has 1 N–H and O–H groups in total. The molecule has 2 heterocycles. The van der Waals surface area contributed by atoms with Crippen LogP contribution in [0, 0.1) is 0 Å². The number of carbonyl (C=O) groups excluding carboxylic acids is 1. The van der Waals surface area contributed by atoms with Crippen LogP contribution in [0.2, 0.25) is 0 Å². The number of nitrogens with zero attached hydrogens (tertiary/aromatic N) is 4. The Morgan fingerprint density at radius 2 is 2.00 bits per heavy atom. The molecule has 4 aromatic rings. The van der Waals surface area contributed by atoms with Gasteiger partial charge in [0.2, 0.25) is 5.91 Å². The second kappa shape index (κ2) is 11.7. The van der Waals surface area contributed by atoms with E-state index >= 15 is 0 Å². The van der Waals surface area contributed by atoms with Crippen molar-refractivity contribution < 1.29 is 14.3 Å². The van der Waals surface area contributed by atoms with E-state index in [4.69, 9.17) is 9.47 Å². The third kappa shape index (κ3) is 6.28. The first-order valence-electron chi connectivity index (χ1n) is 10.9. The van der Waals surface area contributed by atoms with Gasteiger partial charge in [-0.1, -0.05) is 54.2 Å². The highest BCUT2D eigenvalue weighted by Gasteiger charge is 2.20. The minimum absolute atomic E-state index is 0.167. The number of nitrogens with one attached hydrogen (secondary N) is 1. The Hall–Kier alpha value is -3.63. The topological polar surface area (TPSA) is 91.2 Å². The lowest BCUT2D eigenvalue weighted by Crippen LogP contribution is -2.15. The fourth-order valence-electron chi connectivity index (χ4n) is 3.30. The lowest BCUT2D eigenvalue weighted by Gasteiger charge is -2.16. The van der Waals surface area contributed by atoms with Crippen LogP contribution < -0.4 is 14.8 Å². The van der Waals surface area contributed by atoms with Crippen LogP contribution >= 0.6 is 23.1 Å². The number of ether oxygens (including phenoxy) is 2. The molecule has 10 heteroatoms. The third-order valence-electron chi connectivity index (χ3n) is 4.93. The zero-order valence-electron chi connectivity index (χ0n) is 19.4. The molecule has 180 valence electrons. The average Bonchev–Trinajstić information content (AvgIpc) is 3.51. The van der Waals surface area contributed by atoms with Gasteiger partial charge in [-0.2, -0.15) is 0 Å². The van der Waals surface area contributed by atoms with Gasteiger partial charge >= 0.3 is 0 Å². The van der Waals surface area contributed by atoms with E-state index in [1.165, 1.54) is 23.1 Å². The summed E-state index contributed by atoms with van der Waals surface area (Å²) < 4.78 is 13.2. The van der Waals surface area contributed by atoms with E-state index in [1.54, 1.807) is 13.2 Å². The van der Waals surface area contributed by atoms with Crippen molar-refractivity contribution >= 4 is 34.1 Å². The van der Waals surface area contributed by atoms with Crippen LogP contribution in [0.15, 0.2) is 77.8 Å². The fourth-order valence-corrected chi connectivity index (χ4v) is 4.79. The highest BCUT2D eigenvalue weighted by atomic mass is 32.2. The van der Waals surface area contributed by atoms with Gasteiger partial charge in [-0.25, -0.2) is 4.98 Å². The van der Waals surface area contributed by atoms with Crippen LogP contribution in [0.5, 0.6) is 11.5 Å². The van der Waals surface area contributed by atoms with Crippen molar-refractivity contribution in [2.75, 3.05) is 18.2 Å². The SMILES string of the molecule is C=CCn1c(SCC(=O)Nc2nc(-c3ccccc3)cs2)nnc1C(C)Oc1cccc(OC)c1. The number of thiazole rings is 1. The maximum absolute atomic E-state index is 12.6. The van der Waals surface area contributed by atoms with Gasteiger partial charge in [0.25, 0.3) is 0 Å². The number of carbonyl (C=O) groups is 1. The number of allylic oxidation sites excluding steroid dienone is 1. The Kier molecular flexibility index (Phi) is 8.17. The first-order chi connectivity index (χ1) is 17.1. The maximum atomic E-state index is 12.6. The molecule has 0 radical (unpaired) electrons. The van der Waals surface area contributed by atoms with Gasteiger partial charge in [0.05, 0.1) is 18.6 Å². The molecule has 1 atom stereocenters. The Bertz CT molecular complexity index is 1290. The number of benzene rings is 2. The standard InChI is InChI=1S/C25H25N5O3S2/c1-4-13-30-23(17(2)33-20-12-8-11-19(14-20)32-3)28-29-25(30)35-16-22(31)27-24-26-21(15-34-24)18-9-6-5-7-10-18/h4-12,14-15,17H,1,13,16H2,2-3H3,(H,26,27,31). The van der Waals surface area contributed by atoms with Crippen molar-refractivity contribution in [2.45, 2.75) is 24.7 Å². The zero-order valence-corrected chi connectivity index (χ0v) is 21.0. The molecular weight excluding hydrogens is 482 g/mol. The molecule has 4 rings (SSSR count). The summed E-state index contributed by atoms with van der Waals surface area (Å²) in [4.78, 5) is 17.1. The van der Waals surface area contributed by atoms with Crippen molar-refractivity contribution in [3.63, 3.8) is 0 Å². The molecule has 35 heavy (non-hydrogen) atoms. The van der Waals surface area contributed by atoms with Crippen molar-refractivity contribution in [3.05, 3.63) is 78.5 Å². The number of methoxy groups -OCH3 is 1. The number of amides is 1. The predicted molar refractivity (Wildman–Crippen MR) is 139 cm³/mol. The summed E-state index contributed by atoms with van der Waals surface area (Å²) in [5.74, 6) is 2.01. The van der Waals surface area contributed by atoms with Crippen LogP contribution in [0.4, 0.5) is 5.13 Å². The zero-order chi connectivity index (χ0) is 24.6. The van der Waals surface area contributed by atoms with Gasteiger partial charge in [-0.3, -0.25) is 9.36 Å². The minimum atomic E-state index is -0.371. The first-order valence-corrected chi connectivity index (χ1v) is 12.7. The molecule has 0 fully saturated rings. The highest BCUT2D eigenvalue weighted by Crippen LogP contribution is 2.28. The monoisotopic (exact) mass is 507 g/mol. The number of thioether (sulfide) groups is 1. The van der Waals surface area contributed by atoms with Gasteiger partial charge in [0.1, 0.15) is 11.5 Å². The summed E-state index contributed by atoms with van der Waals surface area (Å²) in [5.41, 5.74) is 1.84. The van der Waals surface area contributed by atoms with Crippen molar-refractivity contribution in [3.8, 4) is 22.8 Å². The highest BCUT2D eigenvalue weighted by molar-refractivity contribution is 7.99. The van der Waals surface area contributed by atoms with Crippen molar-refractivity contribution in [1.82, 2.24) is 19.7 Å². The summed E-state index contributed by atoms with van der Waals surface area (Å²) >= 11 is 2.69. The van der Waals surface area contributed by atoms with Crippen molar-refractivity contribution in [2.24, 2.45) is 0 Å². The van der Waals surface area contributed by atoms with Crippen molar-refractivity contribution in [1.29, 1.82) is 0 Å². The third-order valence-corrected chi connectivity index (χ3v) is 6.65. The molecule has 0 spiro atoms. The second-order valence-electron chi connectivity index (χ2n) is 7.42. The van der Waals surface area contributed by atoms with E-state index in [2.05, 4.69) is 27.1 Å². The fraction of sp³-hybridized carbons (Fsp3) is 0.200.